The number of benzene rings is 1. The molecule has 1 N–H and O–H groups in total. The molecule has 1 aromatic carbocycles. The first-order chi connectivity index (χ1) is 13.6. The average molecular weight is 415 g/mol. The molecular formula is C20H15ClN2O4S. The van der Waals surface area contributed by atoms with Gasteiger partial charge in [-0.05, 0) is 55.0 Å². The zero-order valence-corrected chi connectivity index (χ0v) is 16.3. The lowest BCUT2D eigenvalue weighted by molar-refractivity contribution is -0.118. The highest BCUT2D eigenvalue weighted by molar-refractivity contribution is 7.19. The molecule has 0 saturated carbocycles. The lowest BCUT2D eigenvalue weighted by Crippen LogP contribution is -2.20. The molecule has 0 aliphatic heterocycles. The van der Waals surface area contributed by atoms with E-state index in [-0.39, 0.29) is 12.5 Å². The number of aryl methyl sites for hydroxylation is 1. The van der Waals surface area contributed by atoms with Crippen LogP contribution >= 0.6 is 22.9 Å². The van der Waals surface area contributed by atoms with E-state index in [1.165, 1.54) is 11.3 Å². The smallest absolute Gasteiger partial charge is 0.264 e. The number of amides is 1. The molecule has 0 aliphatic carbocycles. The Labute approximate surface area is 169 Å². The third kappa shape index (κ3) is 3.95. The van der Waals surface area contributed by atoms with E-state index >= 15 is 0 Å². The first kappa shape index (κ1) is 18.3. The molecule has 28 heavy (non-hydrogen) atoms. The lowest BCUT2D eigenvalue weighted by atomic mass is 10.2. The topological polar surface area (TPSA) is 77.5 Å². The molecule has 0 radical (unpaired) electrons. The lowest BCUT2D eigenvalue weighted by Gasteiger charge is -2.08. The zero-order chi connectivity index (χ0) is 19.5. The van der Waals surface area contributed by atoms with Gasteiger partial charge in [0, 0.05) is 5.02 Å². The van der Waals surface area contributed by atoms with Gasteiger partial charge in [-0.2, -0.15) is 0 Å². The van der Waals surface area contributed by atoms with Crippen LogP contribution in [0.4, 0.5) is 5.13 Å². The Balaban J connectivity index is 1.50. The normalized spacial score (nSPS) is 10.8. The van der Waals surface area contributed by atoms with Crippen LogP contribution in [0.25, 0.3) is 22.1 Å². The number of halogens is 1. The van der Waals surface area contributed by atoms with Crippen LogP contribution in [-0.2, 0) is 4.79 Å². The van der Waals surface area contributed by atoms with Gasteiger partial charge in [0.05, 0.1) is 12.5 Å². The molecule has 4 rings (SSSR count). The van der Waals surface area contributed by atoms with Crippen molar-refractivity contribution in [2.24, 2.45) is 0 Å². The highest BCUT2D eigenvalue weighted by Gasteiger charge is 2.20. The molecule has 4 aromatic rings. The van der Waals surface area contributed by atoms with Crippen LogP contribution in [0, 0.1) is 6.92 Å². The number of rotatable bonds is 6. The van der Waals surface area contributed by atoms with Gasteiger partial charge in [0.25, 0.3) is 5.91 Å². The van der Waals surface area contributed by atoms with Gasteiger partial charge in [-0.3, -0.25) is 10.1 Å². The molecule has 0 bridgehead atoms. The third-order valence-corrected chi connectivity index (χ3v) is 5.09. The molecule has 0 atom stereocenters. The van der Waals surface area contributed by atoms with E-state index in [0.29, 0.717) is 33.1 Å². The van der Waals surface area contributed by atoms with Gasteiger partial charge < -0.3 is 13.6 Å². The van der Waals surface area contributed by atoms with Crippen molar-refractivity contribution in [3.8, 4) is 27.8 Å². The average Bonchev–Trinajstić information content (AvgIpc) is 3.41. The molecule has 0 fully saturated rings. The van der Waals surface area contributed by atoms with Crippen LogP contribution in [0.1, 0.15) is 5.56 Å². The van der Waals surface area contributed by atoms with Crippen LogP contribution in [-0.4, -0.2) is 17.5 Å². The van der Waals surface area contributed by atoms with E-state index in [9.17, 15) is 4.79 Å². The maximum absolute atomic E-state index is 12.3. The summed E-state index contributed by atoms with van der Waals surface area (Å²) in [4.78, 5) is 17.6. The zero-order valence-electron chi connectivity index (χ0n) is 14.8. The number of carbonyl (C=O) groups is 1. The number of furan rings is 2. The molecule has 142 valence electrons. The standard InChI is InChI=1S/C20H15ClN2O4S/c1-12-10-13(21)6-7-14(12)27-11-17(24)22-20-23-18(15-4-2-8-25-15)19(28-20)16-5-3-9-26-16/h2-10H,11H2,1H3,(H,22,23,24). The van der Waals surface area contributed by atoms with Gasteiger partial charge in [-0.15, -0.1) is 0 Å². The number of thiazole rings is 1. The minimum Gasteiger partial charge on any atom is -0.483 e. The molecule has 0 unspecified atom stereocenters. The molecular weight excluding hydrogens is 400 g/mol. The van der Waals surface area contributed by atoms with Crippen molar-refractivity contribution in [2.45, 2.75) is 6.92 Å². The summed E-state index contributed by atoms with van der Waals surface area (Å²) in [5.41, 5.74) is 1.46. The van der Waals surface area contributed by atoms with E-state index in [4.69, 9.17) is 25.2 Å². The predicted molar refractivity (Wildman–Crippen MR) is 108 cm³/mol. The maximum atomic E-state index is 12.3. The van der Waals surface area contributed by atoms with Crippen molar-refractivity contribution in [1.29, 1.82) is 0 Å². The summed E-state index contributed by atoms with van der Waals surface area (Å²) in [6.45, 7) is 1.72. The Bertz CT molecular complexity index is 1040. The minimum atomic E-state index is -0.319. The first-order valence-electron chi connectivity index (χ1n) is 8.37. The van der Waals surface area contributed by atoms with Crippen molar-refractivity contribution in [3.05, 3.63) is 65.6 Å². The van der Waals surface area contributed by atoms with Crippen molar-refractivity contribution in [3.63, 3.8) is 0 Å². The highest BCUT2D eigenvalue weighted by atomic mass is 35.5. The number of hydrogen-bond acceptors (Lipinski definition) is 6. The van der Waals surface area contributed by atoms with E-state index in [1.54, 1.807) is 48.9 Å². The second-order valence-electron chi connectivity index (χ2n) is 5.90. The van der Waals surface area contributed by atoms with E-state index in [2.05, 4.69) is 10.3 Å². The molecule has 1 amide bonds. The molecule has 0 saturated heterocycles. The molecule has 0 aliphatic rings. The molecule has 6 nitrogen and oxygen atoms in total. The number of carbonyl (C=O) groups excluding carboxylic acids is 1. The van der Waals surface area contributed by atoms with Crippen LogP contribution in [0.2, 0.25) is 5.02 Å². The van der Waals surface area contributed by atoms with Crippen LogP contribution in [0.5, 0.6) is 5.75 Å². The monoisotopic (exact) mass is 414 g/mol. The van der Waals surface area contributed by atoms with E-state index in [0.717, 1.165) is 10.4 Å². The largest absolute Gasteiger partial charge is 0.483 e. The van der Waals surface area contributed by atoms with Gasteiger partial charge >= 0.3 is 0 Å². The molecule has 8 heteroatoms. The Morgan fingerprint density at radius 3 is 2.61 bits per heavy atom. The van der Waals surface area contributed by atoms with Gasteiger partial charge in [0.1, 0.15) is 22.1 Å². The van der Waals surface area contributed by atoms with Gasteiger partial charge in [0.2, 0.25) is 0 Å². The summed E-state index contributed by atoms with van der Waals surface area (Å²) in [6, 6.07) is 12.4. The van der Waals surface area contributed by atoms with Crippen LogP contribution in [0.3, 0.4) is 0 Å². The number of nitrogens with one attached hydrogen (secondary N) is 1. The van der Waals surface area contributed by atoms with Gasteiger partial charge in [0.15, 0.2) is 17.5 Å². The maximum Gasteiger partial charge on any atom is 0.264 e. The highest BCUT2D eigenvalue weighted by Crippen LogP contribution is 2.39. The van der Waals surface area contributed by atoms with Gasteiger partial charge in [-0.25, -0.2) is 4.98 Å². The van der Waals surface area contributed by atoms with E-state index in [1.807, 2.05) is 13.0 Å². The summed E-state index contributed by atoms with van der Waals surface area (Å²) >= 11 is 7.23. The number of nitrogens with zero attached hydrogens (tertiary/aromatic N) is 1. The summed E-state index contributed by atoms with van der Waals surface area (Å²) in [5, 5.41) is 3.81. The Kier molecular flexibility index (Phi) is 5.18. The SMILES string of the molecule is Cc1cc(Cl)ccc1OCC(=O)Nc1nc(-c2ccco2)c(-c2ccco2)s1. The second-order valence-corrected chi connectivity index (χ2v) is 7.33. The summed E-state index contributed by atoms with van der Waals surface area (Å²) < 4.78 is 16.5. The van der Waals surface area contributed by atoms with Crippen molar-refractivity contribution >= 4 is 34.0 Å². The number of ether oxygens (including phenoxy) is 1. The third-order valence-electron chi connectivity index (χ3n) is 3.87. The van der Waals surface area contributed by atoms with Crippen LogP contribution < -0.4 is 10.1 Å². The number of hydrogen-bond donors (Lipinski definition) is 1. The number of aromatic nitrogens is 1. The summed E-state index contributed by atoms with van der Waals surface area (Å²) in [6.07, 6.45) is 3.16. The van der Waals surface area contributed by atoms with Crippen LogP contribution in [0.15, 0.2) is 63.8 Å². The quantitative estimate of drug-likeness (QED) is 0.441. The fraction of sp³-hybridized carbons (Fsp3) is 0.100. The fourth-order valence-electron chi connectivity index (χ4n) is 2.60. The van der Waals surface area contributed by atoms with Crippen molar-refractivity contribution in [2.75, 3.05) is 11.9 Å². The van der Waals surface area contributed by atoms with Gasteiger partial charge in [-0.1, -0.05) is 22.9 Å². The van der Waals surface area contributed by atoms with Crippen molar-refractivity contribution in [1.82, 2.24) is 4.98 Å². The Hall–Kier alpha value is -3.03. The Morgan fingerprint density at radius 1 is 1.18 bits per heavy atom. The molecule has 3 aromatic heterocycles. The minimum absolute atomic E-state index is 0.145. The summed E-state index contributed by atoms with van der Waals surface area (Å²) in [7, 11) is 0. The van der Waals surface area contributed by atoms with E-state index < -0.39 is 0 Å². The number of anilines is 1. The fourth-order valence-corrected chi connectivity index (χ4v) is 3.78. The van der Waals surface area contributed by atoms with Crippen molar-refractivity contribution < 1.29 is 18.4 Å². The summed E-state index contributed by atoms with van der Waals surface area (Å²) in [5.74, 6) is 1.53. The molecule has 3 heterocycles. The predicted octanol–water partition coefficient (Wildman–Crippen LogP) is 5.64. The second kappa shape index (κ2) is 7.92. The molecule has 0 spiro atoms. The Morgan fingerprint density at radius 2 is 1.93 bits per heavy atom. The first-order valence-corrected chi connectivity index (χ1v) is 9.57.